The van der Waals surface area contributed by atoms with Crippen molar-refractivity contribution in [3.63, 3.8) is 0 Å². The molecule has 0 radical (unpaired) electrons. The van der Waals surface area contributed by atoms with Crippen molar-refractivity contribution in [1.82, 2.24) is 0 Å². The van der Waals surface area contributed by atoms with E-state index in [2.05, 4.69) is 15.9 Å². The minimum Gasteiger partial charge on any atom is -0.258 e. The third-order valence-electron chi connectivity index (χ3n) is 2.88. The lowest BCUT2D eigenvalue weighted by molar-refractivity contribution is -0.384. The van der Waals surface area contributed by atoms with Crippen molar-refractivity contribution in [2.75, 3.05) is 0 Å². The van der Waals surface area contributed by atoms with Crippen molar-refractivity contribution < 1.29 is 9.31 Å². The number of hydrogen-bond acceptors (Lipinski definition) is 2. The molecule has 0 fully saturated rings. The summed E-state index contributed by atoms with van der Waals surface area (Å²) in [6.45, 7) is 0. The summed E-state index contributed by atoms with van der Waals surface area (Å²) in [7, 11) is 0. The molecule has 20 heavy (non-hydrogen) atoms. The summed E-state index contributed by atoms with van der Waals surface area (Å²) in [5.41, 5.74) is 1.29. The maximum absolute atomic E-state index is 13.8. The molecule has 0 spiro atoms. The molecular formula is C14H10BrClFNO2. The third-order valence-corrected chi connectivity index (χ3v) is 3.99. The molecule has 0 heterocycles. The van der Waals surface area contributed by atoms with Crippen molar-refractivity contribution >= 4 is 33.2 Å². The number of hydrogen-bond donors (Lipinski definition) is 0. The van der Waals surface area contributed by atoms with E-state index >= 15 is 0 Å². The molecule has 1 unspecified atom stereocenters. The standard InChI is InChI=1S/C14H10BrClFNO2/c15-11(14-12(16)2-1-3-13(14)17)8-9-4-6-10(7-5-9)18(19)20/h1-7,11H,8H2. The van der Waals surface area contributed by atoms with Gasteiger partial charge in [0.2, 0.25) is 0 Å². The molecule has 0 saturated heterocycles. The molecule has 1 atom stereocenters. The lowest BCUT2D eigenvalue weighted by Crippen LogP contribution is -2.00. The molecule has 0 aromatic heterocycles. The van der Waals surface area contributed by atoms with Crippen molar-refractivity contribution in [2.24, 2.45) is 0 Å². The van der Waals surface area contributed by atoms with Crippen LogP contribution in [0.3, 0.4) is 0 Å². The average Bonchev–Trinajstić information content (AvgIpc) is 2.39. The van der Waals surface area contributed by atoms with Crippen LogP contribution >= 0.6 is 27.5 Å². The van der Waals surface area contributed by atoms with Gasteiger partial charge >= 0.3 is 0 Å². The molecule has 3 nitrogen and oxygen atoms in total. The van der Waals surface area contributed by atoms with Gasteiger partial charge in [-0.1, -0.05) is 45.7 Å². The summed E-state index contributed by atoms with van der Waals surface area (Å²) >= 11 is 9.41. The smallest absolute Gasteiger partial charge is 0.258 e. The monoisotopic (exact) mass is 357 g/mol. The van der Waals surface area contributed by atoms with Crippen LogP contribution in [0.5, 0.6) is 0 Å². The Morgan fingerprint density at radius 1 is 1.25 bits per heavy atom. The van der Waals surface area contributed by atoms with E-state index in [1.54, 1.807) is 24.3 Å². The SMILES string of the molecule is O=[N+]([O-])c1ccc(CC(Br)c2c(F)cccc2Cl)cc1. The quantitative estimate of drug-likeness (QED) is 0.435. The topological polar surface area (TPSA) is 43.1 Å². The number of alkyl halides is 1. The van der Waals surface area contributed by atoms with Gasteiger partial charge in [-0.2, -0.15) is 0 Å². The molecule has 0 N–H and O–H groups in total. The normalized spacial score (nSPS) is 12.2. The molecule has 0 amide bonds. The van der Waals surface area contributed by atoms with E-state index < -0.39 is 4.92 Å². The fourth-order valence-corrected chi connectivity index (χ4v) is 3.14. The number of nitro benzene ring substituents is 1. The lowest BCUT2D eigenvalue weighted by atomic mass is 10.0. The van der Waals surface area contributed by atoms with Crippen molar-refractivity contribution in [2.45, 2.75) is 11.2 Å². The Morgan fingerprint density at radius 2 is 1.90 bits per heavy atom. The fourth-order valence-electron chi connectivity index (χ4n) is 1.87. The van der Waals surface area contributed by atoms with Crippen LogP contribution in [0.15, 0.2) is 42.5 Å². The Balaban J connectivity index is 2.19. The van der Waals surface area contributed by atoms with Gasteiger partial charge in [0.05, 0.1) is 4.92 Å². The summed E-state index contributed by atoms with van der Waals surface area (Å²) in [5, 5.41) is 10.9. The van der Waals surface area contributed by atoms with Gasteiger partial charge in [-0.15, -0.1) is 0 Å². The number of benzene rings is 2. The molecule has 2 aromatic rings. The largest absolute Gasteiger partial charge is 0.269 e. The first-order valence-electron chi connectivity index (χ1n) is 5.80. The van der Waals surface area contributed by atoms with Crippen LogP contribution < -0.4 is 0 Å². The van der Waals surface area contributed by atoms with E-state index in [1.165, 1.54) is 18.2 Å². The van der Waals surface area contributed by atoms with Crippen LogP contribution in [0.4, 0.5) is 10.1 Å². The highest BCUT2D eigenvalue weighted by molar-refractivity contribution is 9.09. The molecule has 0 bridgehead atoms. The number of nitro groups is 1. The zero-order valence-electron chi connectivity index (χ0n) is 10.2. The zero-order chi connectivity index (χ0) is 14.7. The highest BCUT2D eigenvalue weighted by Crippen LogP contribution is 2.34. The van der Waals surface area contributed by atoms with Crippen LogP contribution in [0.25, 0.3) is 0 Å². The van der Waals surface area contributed by atoms with Gasteiger partial charge < -0.3 is 0 Å². The van der Waals surface area contributed by atoms with E-state index in [9.17, 15) is 14.5 Å². The second kappa shape index (κ2) is 6.33. The number of nitrogens with zero attached hydrogens (tertiary/aromatic N) is 1. The van der Waals surface area contributed by atoms with Gasteiger partial charge in [-0.25, -0.2) is 4.39 Å². The first-order valence-corrected chi connectivity index (χ1v) is 7.09. The Kier molecular flexibility index (Phi) is 4.73. The van der Waals surface area contributed by atoms with Crippen molar-refractivity contribution in [3.05, 3.63) is 74.5 Å². The second-order valence-corrected chi connectivity index (χ2v) is 5.74. The molecule has 0 saturated carbocycles. The number of halogens is 3. The zero-order valence-corrected chi connectivity index (χ0v) is 12.6. The maximum atomic E-state index is 13.8. The van der Waals surface area contributed by atoms with Crippen LogP contribution in [0.2, 0.25) is 5.02 Å². The van der Waals surface area contributed by atoms with Gasteiger partial charge in [-0.3, -0.25) is 10.1 Å². The Hall–Kier alpha value is -1.46. The minimum absolute atomic E-state index is 0.0313. The van der Waals surface area contributed by atoms with E-state index in [1.807, 2.05) is 0 Å². The molecule has 0 aliphatic carbocycles. The van der Waals surface area contributed by atoms with Gasteiger partial charge in [-0.05, 0) is 24.1 Å². The van der Waals surface area contributed by atoms with E-state index in [0.29, 0.717) is 17.0 Å². The molecule has 2 rings (SSSR count). The lowest BCUT2D eigenvalue weighted by Gasteiger charge is -2.13. The molecule has 0 aliphatic heterocycles. The summed E-state index contributed by atoms with van der Waals surface area (Å²) in [5.74, 6) is -0.374. The van der Waals surface area contributed by atoms with Crippen LogP contribution in [-0.4, -0.2) is 4.92 Å². The second-order valence-electron chi connectivity index (χ2n) is 4.23. The number of rotatable bonds is 4. The van der Waals surface area contributed by atoms with Gasteiger partial charge in [0.15, 0.2) is 0 Å². The van der Waals surface area contributed by atoms with Crippen LogP contribution in [0.1, 0.15) is 16.0 Å². The molecule has 6 heteroatoms. The number of non-ortho nitro benzene ring substituents is 1. The Bertz CT molecular complexity index is 613. The summed E-state index contributed by atoms with van der Waals surface area (Å²) < 4.78 is 13.8. The first kappa shape index (κ1) is 14.9. The Morgan fingerprint density at radius 3 is 2.45 bits per heavy atom. The van der Waals surface area contributed by atoms with Gasteiger partial charge in [0, 0.05) is 27.5 Å². The minimum atomic E-state index is -0.455. The fraction of sp³-hybridized carbons (Fsp3) is 0.143. The summed E-state index contributed by atoms with van der Waals surface area (Å²) in [6, 6.07) is 10.7. The van der Waals surface area contributed by atoms with Gasteiger partial charge in [0.1, 0.15) is 5.82 Å². The highest BCUT2D eigenvalue weighted by atomic mass is 79.9. The highest BCUT2D eigenvalue weighted by Gasteiger charge is 2.17. The Labute approximate surface area is 128 Å². The van der Waals surface area contributed by atoms with Crippen LogP contribution in [-0.2, 0) is 6.42 Å². The maximum Gasteiger partial charge on any atom is 0.269 e. The summed E-state index contributed by atoms with van der Waals surface area (Å²) in [6.07, 6.45) is 0.485. The van der Waals surface area contributed by atoms with Crippen molar-refractivity contribution in [3.8, 4) is 0 Å². The molecule has 0 aliphatic rings. The van der Waals surface area contributed by atoms with Crippen LogP contribution in [0, 0.1) is 15.9 Å². The first-order chi connectivity index (χ1) is 9.49. The van der Waals surface area contributed by atoms with E-state index in [4.69, 9.17) is 11.6 Å². The van der Waals surface area contributed by atoms with Gasteiger partial charge in [0.25, 0.3) is 5.69 Å². The summed E-state index contributed by atoms with van der Waals surface area (Å²) in [4.78, 5) is 9.83. The van der Waals surface area contributed by atoms with Crippen molar-refractivity contribution in [1.29, 1.82) is 0 Å². The third kappa shape index (κ3) is 3.35. The van der Waals surface area contributed by atoms with E-state index in [0.717, 1.165) is 5.56 Å². The molecule has 104 valence electrons. The molecular weight excluding hydrogens is 349 g/mol. The molecule has 2 aromatic carbocycles. The predicted molar refractivity (Wildman–Crippen MR) is 79.9 cm³/mol. The predicted octanol–water partition coefficient (Wildman–Crippen LogP) is 5.07. The van der Waals surface area contributed by atoms with E-state index in [-0.39, 0.29) is 16.3 Å². The average molecular weight is 359 g/mol.